The molecule has 1 aromatic rings. The maximum Gasteiger partial charge on any atom is 0.297 e. The lowest BCUT2D eigenvalue weighted by atomic mass is 10.2. The van der Waals surface area contributed by atoms with Crippen LogP contribution < -0.4 is 4.90 Å². The van der Waals surface area contributed by atoms with Crippen LogP contribution in [0.2, 0.25) is 0 Å². The van der Waals surface area contributed by atoms with Gasteiger partial charge in [-0.15, -0.1) is 0 Å². The van der Waals surface area contributed by atoms with Gasteiger partial charge in [-0.3, -0.25) is 4.55 Å². The zero-order valence-electron chi connectivity index (χ0n) is 10.2. The van der Waals surface area contributed by atoms with Gasteiger partial charge in [-0.05, 0) is 18.9 Å². The Bertz CT molecular complexity index is 451. The number of benzene rings is 1. The molecule has 5 heteroatoms. The first-order valence-electron chi connectivity index (χ1n) is 5.73. The minimum atomic E-state index is -4.21. The van der Waals surface area contributed by atoms with E-state index in [1.54, 1.807) is 12.1 Å². The largest absolute Gasteiger partial charge is 0.370 e. The van der Waals surface area contributed by atoms with Crippen molar-refractivity contribution in [2.45, 2.75) is 31.6 Å². The Morgan fingerprint density at radius 3 is 2.35 bits per heavy atom. The number of rotatable bonds is 6. The maximum absolute atomic E-state index is 11.3. The molecule has 0 spiro atoms. The van der Waals surface area contributed by atoms with Crippen LogP contribution in [0, 0.1) is 6.07 Å². The van der Waals surface area contributed by atoms with Gasteiger partial charge in [0.15, 0.2) is 0 Å². The van der Waals surface area contributed by atoms with Crippen molar-refractivity contribution in [3.05, 3.63) is 24.3 Å². The summed E-state index contributed by atoms with van der Waals surface area (Å²) in [6.07, 6.45) is 1.83. The monoisotopic (exact) mass is 256 g/mol. The highest BCUT2D eigenvalue weighted by Gasteiger charge is 2.18. The summed E-state index contributed by atoms with van der Waals surface area (Å²) >= 11 is 0. The third-order valence-electron chi connectivity index (χ3n) is 2.38. The Morgan fingerprint density at radius 1 is 1.29 bits per heavy atom. The molecule has 1 N–H and O–H groups in total. The van der Waals surface area contributed by atoms with Crippen molar-refractivity contribution < 1.29 is 13.0 Å². The zero-order valence-corrected chi connectivity index (χ0v) is 11.0. The molecule has 0 aliphatic carbocycles. The molecule has 0 heterocycles. The summed E-state index contributed by atoms with van der Waals surface area (Å²) in [6.45, 7) is 5.58. The predicted octanol–water partition coefficient (Wildman–Crippen LogP) is 2.36. The van der Waals surface area contributed by atoms with Gasteiger partial charge in [0.25, 0.3) is 10.1 Å². The second-order valence-electron chi connectivity index (χ2n) is 3.85. The summed E-state index contributed by atoms with van der Waals surface area (Å²) in [5.74, 6) is 0. The van der Waals surface area contributed by atoms with Gasteiger partial charge in [-0.2, -0.15) is 8.42 Å². The second kappa shape index (κ2) is 6.02. The Labute approximate surface area is 103 Å². The van der Waals surface area contributed by atoms with Crippen molar-refractivity contribution in [1.29, 1.82) is 0 Å². The van der Waals surface area contributed by atoms with Crippen LogP contribution in [0.3, 0.4) is 0 Å². The van der Waals surface area contributed by atoms with Crippen LogP contribution in [0.1, 0.15) is 26.7 Å². The van der Waals surface area contributed by atoms with E-state index in [9.17, 15) is 8.42 Å². The number of nitrogens with zero attached hydrogens (tertiary/aromatic N) is 1. The van der Waals surface area contributed by atoms with Gasteiger partial charge in [0, 0.05) is 19.2 Å². The molecule has 4 nitrogen and oxygen atoms in total. The van der Waals surface area contributed by atoms with Crippen molar-refractivity contribution in [3.8, 4) is 0 Å². The molecule has 0 amide bonds. The standard InChI is InChI=1S/C12H18NO3S/c1-3-9-13(10-4-2)11-7-5-6-8-12(11)17(14,15)16/h5-7H,3-4,9-10H2,1-2H3,(H,14,15,16). The topological polar surface area (TPSA) is 57.6 Å². The minimum Gasteiger partial charge on any atom is -0.370 e. The van der Waals surface area contributed by atoms with Crippen LogP contribution in [0.25, 0.3) is 0 Å². The van der Waals surface area contributed by atoms with Gasteiger partial charge >= 0.3 is 0 Å². The molecule has 1 aromatic carbocycles. The smallest absolute Gasteiger partial charge is 0.297 e. The molecule has 0 unspecified atom stereocenters. The lowest BCUT2D eigenvalue weighted by Gasteiger charge is -2.25. The van der Waals surface area contributed by atoms with Gasteiger partial charge < -0.3 is 4.90 Å². The molecule has 95 valence electrons. The quantitative estimate of drug-likeness (QED) is 0.794. The summed E-state index contributed by atoms with van der Waals surface area (Å²) in [4.78, 5) is 1.82. The Balaban J connectivity index is 3.18. The maximum atomic E-state index is 11.3. The van der Waals surface area contributed by atoms with Crippen LogP contribution in [-0.4, -0.2) is 26.1 Å². The molecular formula is C12H18NO3S. The van der Waals surface area contributed by atoms with E-state index in [1.807, 2.05) is 18.7 Å². The average Bonchev–Trinajstić information content (AvgIpc) is 2.28. The van der Waals surface area contributed by atoms with Gasteiger partial charge in [-0.25, -0.2) is 0 Å². The average molecular weight is 256 g/mol. The summed E-state index contributed by atoms with van der Waals surface area (Å²) in [5, 5.41) is 0. The Morgan fingerprint density at radius 2 is 1.88 bits per heavy atom. The van der Waals surface area contributed by atoms with Crippen LogP contribution in [0.15, 0.2) is 23.1 Å². The molecule has 0 aliphatic heterocycles. The zero-order chi connectivity index (χ0) is 12.9. The first-order chi connectivity index (χ1) is 8.00. The van der Waals surface area contributed by atoms with E-state index >= 15 is 0 Å². The fourth-order valence-corrected chi connectivity index (χ4v) is 2.44. The summed E-state index contributed by atoms with van der Waals surface area (Å²) in [7, 11) is -4.21. The van der Waals surface area contributed by atoms with Crippen molar-refractivity contribution in [2.24, 2.45) is 0 Å². The predicted molar refractivity (Wildman–Crippen MR) is 67.9 cm³/mol. The summed E-state index contributed by atoms with van der Waals surface area (Å²) < 4.78 is 31.7. The molecule has 0 saturated carbocycles. The van der Waals surface area contributed by atoms with E-state index in [0.717, 1.165) is 25.9 Å². The Hall–Kier alpha value is -1.07. The van der Waals surface area contributed by atoms with E-state index < -0.39 is 10.1 Å². The van der Waals surface area contributed by atoms with Gasteiger partial charge in [0.05, 0.1) is 5.69 Å². The molecular weight excluding hydrogens is 238 g/mol. The molecule has 0 saturated heterocycles. The molecule has 1 rings (SSSR count). The number of hydrogen-bond acceptors (Lipinski definition) is 3. The molecule has 17 heavy (non-hydrogen) atoms. The highest BCUT2D eigenvalue weighted by Crippen LogP contribution is 2.24. The molecule has 0 bridgehead atoms. The van der Waals surface area contributed by atoms with Crippen LogP contribution in [-0.2, 0) is 10.1 Å². The summed E-state index contributed by atoms with van der Waals surface area (Å²) in [5.41, 5.74) is 0.527. The normalized spacial score (nSPS) is 11.5. The van der Waals surface area contributed by atoms with Crippen LogP contribution in [0.4, 0.5) is 5.69 Å². The van der Waals surface area contributed by atoms with E-state index in [2.05, 4.69) is 6.07 Å². The third kappa shape index (κ3) is 3.71. The van der Waals surface area contributed by atoms with Crippen molar-refractivity contribution >= 4 is 15.8 Å². The summed E-state index contributed by atoms with van der Waals surface area (Å²) in [6, 6.07) is 7.51. The van der Waals surface area contributed by atoms with Gasteiger partial charge in [0.2, 0.25) is 0 Å². The van der Waals surface area contributed by atoms with Gasteiger partial charge in [-0.1, -0.05) is 26.0 Å². The van der Waals surface area contributed by atoms with Crippen molar-refractivity contribution in [3.63, 3.8) is 0 Å². The van der Waals surface area contributed by atoms with Crippen LogP contribution in [0.5, 0.6) is 0 Å². The van der Waals surface area contributed by atoms with Gasteiger partial charge in [0.1, 0.15) is 4.90 Å². The van der Waals surface area contributed by atoms with E-state index in [1.165, 1.54) is 6.07 Å². The van der Waals surface area contributed by atoms with Crippen molar-refractivity contribution in [2.75, 3.05) is 18.0 Å². The van der Waals surface area contributed by atoms with E-state index in [-0.39, 0.29) is 4.90 Å². The Kier molecular flexibility index (Phi) is 4.96. The highest BCUT2D eigenvalue weighted by atomic mass is 32.2. The van der Waals surface area contributed by atoms with E-state index in [0.29, 0.717) is 5.69 Å². The first-order valence-corrected chi connectivity index (χ1v) is 7.17. The highest BCUT2D eigenvalue weighted by molar-refractivity contribution is 7.86. The van der Waals surface area contributed by atoms with E-state index in [4.69, 9.17) is 4.55 Å². The lowest BCUT2D eigenvalue weighted by molar-refractivity contribution is 0.482. The molecule has 0 fully saturated rings. The molecule has 0 aromatic heterocycles. The first kappa shape index (κ1) is 14.0. The molecule has 0 aliphatic rings. The minimum absolute atomic E-state index is 0.137. The molecule has 0 atom stereocenters. The van der Waals surface area contributed by atoms with Crippen LogP contribution >= 0.6 is 0 Å². The fraction of sp³-hybridized carbons (Fsp3) is 0.500. The lowest BCUT2D eigenvalue weighted by Crippen LogP contribution is -2.26. The van der Waals surface area contributed by atoms with Crippen molar-refractivity contribution in [1.82, 2.24) is 0 Å². The molecule has 1 radical (unpaired) electrons. The number of hydrogen-bond donors (Lipinski definition) is 1. The fourth-order valence-electron chi connectivity index (χ4n) is 1.76. The SMILES string of the molecule is CCCN(CCC)c1ccc[c]c1S(=O)(=O)O. The second-order valence-corrected chi connectivity index (χ2v) is 5.20. The number of anilines is 1. The third-order valence-corrected chi connectivity index (χ3v) is 3.23.